The van der Waals surface area contributed by atoms with Crippen molar-refractivity contribution in [1.82, 2.24) is 9.88 Å². The van der Waals surface area contributed by atoms with Gasteiger partial charge >= 0.3 is 0 Å². The van der Waals surface area contributed by atoms with Gasteiger partial charge in [0.15, 0.2) is 5.13 Å². The van der Waals surface area contributed by atoms with Crippen LogP contribution in [0.3, 0.4) is 0 Å². The van der Waals surface area contributed by atoms with Crippen LogP contribution < -0.4 is 4.90 Å². The monoisotopic (exact) mass is 421 g/mol. The Hall–Kier alpha value is -1.66. The minimum Gasteiger partial charge on any atom is -0.308 e. The molecule has 7 heteroatoms. The second-order valence-electron chi connectivity index (χ2n) is 6.72. The average molecular weight is 422 g/mol. The normalized spacial score (nSPS) is 11.3. The van der Waals surface area contributed by atoms with Gasteiger partial charge in [0.05, 0.1) is 16.6 Å². The van der Waals surface area contributed by atoms with Crippen LogP contribution in [0.4, 0.5) is 5.13 Å². The van der Waals surface area contributed by atoms with Gasteiger partial charge in [0, 0.05) is 23.1 Å². The molecule has 0 aliphatic rings. The lowest BCUT2D eigenvalue weighted by Crippen LogP contribution is -2.37. The summed E-state index contributed by atoms with van der Waals surface area (Å²) in [6.07, 6.45) is 0.306. The number of carbonyl (C=O) groups is 1. The number of rotatable bonds is 6. The summed E-state index contributed by atoms with van der Waals surface area (Å²) in [5.74, 6) is 0.0157. The lowest BCUT2D eigenvalue weighted by Gasteiger charge is -2.22. The summed E-state index contributed by atoms with van der Waals surface area (Å²) in [4.78, 5) is 21.6. The van der Waals surface area contributed by atoms with Gasteiger partial charge in [-0.25, -0.2) is 4.98 Å². The predicted octanol–water partition coefficient (Wildman–Crippen LogP) is 5.05. The van der Waals surface area contributed by atoms with Gasteiger partial charge in [-0.2, -0.15) is 0 Å². The Balaban J connectivity index is 1.91. The van der Waals surface area contributed by atoms with Crippen molar-refractivity contribution < 1.29 is 4.79 Å². The zero-order valence-electron chi connectivity index (χ0n) is 15.5. The third-order valence-electron chi connectivity index (χ3n) is 4.21. The number of amides is 1. The van der Waals surface area contributed by atoms with Gasteiger partial charge in [-0.1, -0.05) is 46.7 Å². The van der Waals surface area contributed by atoms with Gasteiger partial charge in [-0.05, 0) is 56.4 Å². The molecule has 27 heavy (non-hydrogen) atoms. The van der Waals surface area contributed by atoms with E-state index >= 15 is 0 Å². The van der Waals surface area contributed by atoms with Crippen LogP contribution in [0.5, 0.6) is 0 Å². The first-order valence-electron chi connectivity index (χ1n) is 8.59. The van der Waals surface area contributed by atoms with E-state index in [0.717, 1.165) is 27.9 Å². The molecule has 142 valence electrons. The zero-order chi connectivity index (χ0) is 19.6. The van der Waals surface area contributed by atoms with E-state index in [2.05, 4.69) is 4.90 Å². The quantitative estimate of drug-likeness (QED) is 0.558. The molecular formula is C20H21Cl2N3OS. The molecule has 4 nitrogen and oxygen atoms in total. The molecular weight excluding hydrogens is 401 g/mol. The summed E-state index contributed by atoms with van der Waals surface area (Å²) in [5.41, 5.74) is 2.84. The topological polar surface area (TPSA) is 36.4 Å². The molecule has 0 fully saturated rings. The third-order valence-corrected chi connectivity index (χ3v) is 5.71. The largest absolute Gasteiger partial charge is 0.308 e. The number of fused-ring (bicyclic) bond motifs is 1. The molecule has 1 amide bonds. The molecule has 3 aromatic rings. The fourth-order valence-corrected chi connectivity index (χ4v) is 4.35. The van der Waals surface area contributed by atoms with Crippen LogP contribution in [0.1, 0.15) is 11.1 Å². The third kappa shape index (κ3) is 4.99. The van der Waals surface area contributed by atoms with E-state index in [1.165, 1.54) is 11.3 Å². The lowest BCUT2D eigenvalue weighted by molar-refractivity contribution is -0.118. The Bertz CT molecular complexity index is 954. The molecule has 2 aromatic carbocycles. The number of anilines is 1. The highest BCUT2D eigenvalue weighted by atomic mass is 35.5. The van der Waals surface area contributed by atoms with E-state index in [1.807, 2.05) is 45.3 Å². The number of carbonyl (C=O) groups excluding carboxylic acids is 1. The highest BCUT2D eigenvalue weighted by Gasteiger charge is 2.21. The SMILES string of the molecule is Cc1cc(Cl)cc2sc(N(CCN(C)C)C(=O)Cc3ccc(Cl)cc3)nc12. The molecule has 0 aliphatic heterocycles. The van der Waals surface area contributed by atoms with E-state index in [9.17, 15) is 4.79 Å². The van der Waals surface area contributed by atoms with Crippen molar-refractivity contribution in [3.8, 4) is 0 Å². The number of aryl methyl sites for hydroxylation is 1. The van der Waals surface area contributed by atoms with Gasteiger partial charge in [0.1, 0.15) is 0 Å². The summed E-state index contributed by atoms with van der Waals surface area (Å²) >= 11 is 13.6. The standard InChI is InChI=1S/C20H21Cl2N3OS/c1-13-10-16(22)12-17-19(13)23-20(27-17)25(9-8-24(2)3)18(26)11-14-4-6-15(21)7-5-14/h4-7,10,12H,8-9,11H2,1-3H3. The lowest BCUT2D eigenvalue weighted by atomic mass is 10.1. The van der Waals surface area contributed by atoms with Crippen LogP contribution in [0.2, 0.25) is 10.0 Å². The predicted molar refractivity (Wildman–Crippen MR) is 115 cm³/mol. The number of nitrogens with zero attached hydrogens (tertiary/aromatic N) is 3. The van der Waals surface area contributed by atoms with E-state index in [-0.39, 0.29) is 5.91 Å². The fraction of sp³-hybridized carbons (Fsp3) is 0.300. The number of halogens is 2. The Morgan fingerprint density at radius 2 is 1.78 bits per heavy atom. The number of hydrogen-bond donors (Lipinski definition) is 0. The van der Waals surface area contributed by atoms with Crippen LogP contribution in [-0.4, -0.2) is 43.0 Å². The van der Waals surface area contributed by atoms with E-state index in [4.69, 9.17) is 28.2 Å². The molecule has 1 heterocycles. The smallest absolute Gasteiger partial charge is 0.233 e. The first-order valence-corrected chi connectivity index (χ1v) is 10.2. The summed E-state index contributed by atoms with van der Waals surface area (Å²) in [7, 11) is 3.98. The molecule has 3 rings (SSSR count). The van der Waals surface area contributed by atoms with Crippen molar-refractivity contribution in [1.29, 1.82) is 0 Å². The second-order valence-corrected chi connectivity index (χ2v) is 8.60. The van der Waals surface area contributed by atoms with Gasteiger partial charge < -0.3 is 4.90 Å². The van der Waals surface area contributed by atoms with Crippen molar-refractivity contribution in [3.63, 3.8) is 0 Å². The van der Waals surface area contributed by atoms with E-state index < -0.39 is 0 Å². The number of aromatic nitrogens is 1. The highest BCUT2D eigenvalue weighted by Crippen LogP contribution is 2.33. The van der Waals surface area contributed by atoms with Gasteiger partial charge in [0.25, 0.3) is 0 Å². The van der Waals surface area contributed by atoms with Crippen LogP contribution in [0, 0.1) is 6.92 Å². The molecule has 0 saturated heterocycles. The number of likely N-dealkylation sites (N-methyl/N-ethyl adjacent to an activating group) is 1. The Kier molecular flexibility index (Phi) is 6.37. The Morgan fingerprint density at radius 1 is 1.07 bits per heavy atom. The zero-order valence-corrected chi connectivity index (χ0v) is 17.8. The number of hydrogen-bond acceptors (Lipinski definition) is 4. The van der Waals surface area contributed by atoms with Crippen LogP contribution in [0.25, 0.3) is 10.2 Å². The Morgan fingerprint density at radius 3 is 2.44 bits per heavy atom. The van der Waals surface area contributed by atoms with Crippen molar-refractivity contribution in [2.75, 3.05) is 32.1 Å². The molecule has 1 aromatic heterocycles. The maximum atomic E-state index is 13.1. The maximum Gasteiger partial charge on any atom is 0.233 e. The van der Waals surface area contributed by atoms with Crippen molar-refractivity contribution in [2.45, 2.75) is 13.3 Å². The second kappa shape index (κ2) is 8.57. The summed E-state index contributed by atoms with van der Waals surface area (Å²) < 4.78 is 0.990. The van der Waals surface area contributed by atoms with E-state index in [0.29, 0.717) is 28.1 Å². The van der Waals surface area contributed by atoms with Crippen molar-refractivity contribution in [3.05, 3.63) is 57.6 Å². The van der Waals surface area contributed by atoms with Crippen molar-refractivity contribution in [2.24, 2.45) is 0 Å². The van der Waals surface area contributed by atoms with E-state index in [1.54, 1.807) is 17.0 Å². The molecule has 0 spiro atoms. The summed E-state index contributed by atoms with van der Waals surface area (Å²) in [6, 6.07) is 11.2. The molecule has 0 atom stereocenters. The number of thiazole rings is 1. The molecule has 0 radical (unpaired) electrons. The summed E-state index contributed by atoms with van der Waals surface area (Å²) in [5, 5.41) is 2.05. The van der Waals surface area contributed by atoms with Gasteiger partial charge in [-0.15, -0.1) is 0 Å². The first kappa shape index (κ1) is 20.1. The Labute approximate surface area is 173 Å². The van der Waals surface area contributed by atoms with Crippen LogP contribution in [0.15, 0.2) is 36.4 Å². The van der Waals surface area contributed by atoms with Crippen molar-refractivity contribution >= 4 is 55.8 Å². The first-order chi connectivity index (χ1) is 12.8. The number of benzene rings is 2. The summed E-state index contributed by atoms with van der Waals surface area (Å²) in [6.45, 7) is 3.31. The minimum absolute atomic E-state index is 0.0157. The van der Waals surface area contributed by atoms with Crippen LogP contribution >= 0.6 is 34.5 Å². The molecule has 0 N–H and O–H groups in total. The molecule has 0 saturated carbocycles. The molecule has 0 aliphatic carbocycles. The van der Waals surface area contributed by atoms with Gasteiger partial charge in [-0.3, -0.25) is 9.69 Å². The molecule has 0 bridgehead atoms. The molecule has 0 unspecified atom stereocenters. The highest BCUT2D eigenvalue weighted by molar-refractivity contribution is 7.22. The fourth-order valence-electron chi connectivity index (χ4n) is 2.76. The average Bonchev–Trinajstić information content (AvgIpc) is 3.00. The maximum absolute atomic E-state index is 13.1. The van der Waals surface area contributed by atoms with Gasteiger partial charge in [0.2, 0.25) is 5.91 Å². The van der Waals surface area contributed by atoms with Crippen LogP contribution in [-0.2, 0) is 11.2 Å². The minimum atomic E-state index is 0.0157.